The molecule has 0 N–H and O–H groups in total. The van der Waals surface area contributed by atoms with Gasteiger partial charge in [0, 0.05) is 41.2 Å². The zero-order chi connectivity index (χ0) is 31.3. The second-order valence-corrected chi connectivity index (χ2v) is 12.7. The Morgan fingerprint density at radius 3 is 2.08 bits per heavy atom. The van der Waals surface area contributed by atoms with Gasteiger partial charge in [0.25, 0.3) is 0 Å². The number of hydrogen-bond donors (Lipinski definition) is 0. The maximum absolute atomic E-state index is 8.20. The Morgan fingerprint density at radius 1 is 0.725 bits per heavy atom. The van der Waals surface area contributed by atoms with Crippen LogP contribution >= 0.6 is 0 Å². The first-order valence-electron chi connectivity index (χ1n) is 15.2. The van der Waals surface area contributed by atoms with E-state index in [2.05, 4.69) is 70.5 Å². The van der Waals surface area contributed by atoms with Crippen LogP contribution in [0.1, 0.15) is 67.9 Å². The summed E-state index contributed by atoms with van der Waals surface area (Å²) in [5.74, 6) is 2.43. The molecule has 0 amide bonds. The van der Waals surface area contributed by atoms with Crippen molar-refractivity contribution in [2.45, 2.75) is 66.2 Å². The zero-order valence-electron chi connectivity index (χ0n) is 27.8. The molecular weight excluding hydrogens is 494 g/mol. The maximum atomic E-state index is 8.20. The summed E-state index contributed by atoms with van der Waals surface area (Å²) in [6.07, 6.45) is 1.77. The summed E-state index contributed by atoms with van der Waals surface area (Å²) in [5, 5.41) is 0. The largest absolute Gasteiger partial charge is 0.457 e. The predicted molar refractivity (Wildman–Crippen MR) is 166 cm³/mol. The van der Waals surface area contributed by atoms with Crippen molar-refractivity contribution in [3.8, 4) is 23.1 Å². The zero-order valence-corrected chi connectivity index (χ0v) is 24.8. The molecular formula is C35H41N3O2. The van der Waals surface area contributed by atoms with Crippen LogP contribution < -0.4 is 19.3 Å². The number of nitrogens with zero attached hydrogens (tertiary/aromatic N) is 3. The smallest absolute Gasteiger partial charge is 0.219 e. The SMILES string of the molecule is [2H]C([2H])([2H])N1CN(c2cc(Oc3cccc(Oc4cc(C(C)(C)C)ccn4)c3)cc(C(C)(C)C)c2)c2cc(C)c(C)cc21. The van der Waals surface area contributed by atoms with E-state index in [0.29, 0.717) is 28.8 Å². The van der Waals surface area contributed by atoms with Gasteiger partial charge in [-0.2, -0.15) is 0 Å². The topological polar surface area (TPSA) is 37.8 Å². The van der Waals surface area contributed by atoms with Crippen LogP contribution in [-0.2, 0) is 10.8 Å². The molecule has 0 atom stereocenters. The second-order valence-electron chi connectivity index (χ2n) is 12.7. The van der Waals surface area contributed by atoms with Gasteiger partial charge in [-0.05, 0) is 89.4 Å². The van der Waals surface area contributed by atoms with Gasteiger partial charge in [0.1, 0.15) is 17.2 Å². The quantitative estimate of drug-likeness (QED) is 0.253. The van der Waals surface area contributed by atoms with E-state index in [0.717, 1.165) is 33.6 Å². The van der Waals surface area contributed by atoms with Crippen molar-refractivity contribution >= 4 is 17.1 Å². The molecule has 2 heterocycles. The van der Waals surface area contributed by atoms with E-state index < -0.39 is 6.98 Å². The van der Waals surface area contributed by atoms with Crippen molar-refractivity contribution in [2.24, 2.45) is 0 Å². The molecule has 5 nitrogen and oxygen atoms in total. The minimum Gasteiger partial charge on any atom is -0.457 e. The summed E-state index contributed by atoms with van der Waals surface area (Å²) in [6.45, 7) is 14.9. The highest BCUT2D eigenvalue weighted by Gasteiger charge is 2.27. The first-order chi connectivity index (χ1) is 20.0. The van der Waals surface area contributed by atoms with Gasteiger partial charge in [0.2, 0.25) is 5.88 Å². The van der Waals surface area contributed by atoms with Crippen molar-refractivity contribution in [3.05, 3.63) is 95.2 Å². The van der Waals surface area contributed by atoms with Crippen LogP contribution in [0.5, 0.6) is 23.1 Å². The van der Waals surface area contributed by atoms with Crippen molar-refractivity contribution in [1.82, 2.24) is 4.98 Å². The fourth-order valence-corrected chi connectivity index (χ4v) is 4.75. The Bertz CT molecular complexity index is 1650. The van der Waals surface area contributed by atoms with Crippen molar-refractivity contribution < 1.29 is 13.6 Å². The van der Waals surface area contributed by atoms with E-state index in [1.807, 2.05) is 61.5 Å². The lowest BCUT2D eigenvalue weighted by molar-refractivity contribution is 0.445. The minimum atomic E-state index is -2.27. The van der Waals surface area contributed by atoms with Crippen LogP contribution in [0.25, 0.3) is 0 Å². The average Bonchev–Trinajstić information content (AvgIpc) is 3.27. The molecule has 5 rings (SSSR count). The molecule has 40 heavy (non-hydrogen) atoms. The maximum Gasteiger partial charge on any atom is 0.219 e. The standard InChI is InChI=1S/C35H41N3O2/c1-23-15-31-32(16-24(23)2)38(22-37(31)9)27-17-26(35(6,7)8)18-30(20-27)39-28-11-10-12-29(21-28)40-33-19-25(13-14-36-33)34(3,4)5/h10-21H,22H2,1-9H3/i9D3. The molecule has 0 saturated heterocycles. The van der Waals surface area contributed by atoms with E-state index in [-0.39, 0.29) is 17.5 Å². The average molecular weight is 539 g/mol. The van der Waals surface area contributed by atoms with E-state index in [1.165, 1.54) is 4.90 Å². The summed E-state index contributed by atoms with van der Waals surface area (Å²) in [4.78, 5) is 7.94. The molecule has 208 valence electrons. The molecule has 0 spiro atoms. The number of ether oxygens (including phenoxy) is 2. The fourth-order valence-electron chi connectivity index (χ4n) is 4.75. The highest BCUT2D eigenvalue weighted by molar-refractivity contribution is 5.84. The normalized spacial score (nSPS) is 14.8. The third kappa shape index (κ3) is 5.79. The molecule has 5 heteroatoms. The number of pyridine rings is 1. The van der Waals surface area contributed by atoms with Gasteiger partial charge in [0.05, 0.1) is 18.0 Å². The summed E-state index contributed by atoms with van der Waals surface area (Å²) >= 11 is 0. The van der Waals surface area contributed by atoms with Gasteiger partial charge in [0.15, 0.2) is 0 Å². The number of aromatic nitrogens is 1. The number of fused-ring (bicyclic) bond motifs is 1. The summed E-state index contributed by atoms with van der Waals surface area (Å²) in [7, 11) is 0. The lowest BCUT2D eigenvalue weighted by atomic mass is 9.86. The van der Waals surface area contributed by atoms with Crippen LogP contribution in [0.2, 0.25) is 0 Å². The van der Waals surface area contributed by atoms with Crippen LogP contribution in [0, 0.1) is 13.8 Å². The van der Waals surface area contributed by atoms with Crippen LogP contribution in [0.4, 0.5) is 17.1 Å². The Kier molecular flexibility index (Phi) is 6.08. The molecule has 1 aliphatic heterocycles. The molecule has 0 fully saturated rings. The number of benzene rings is 3. The van der Waals surface area contributed by atoms with E-state index in [1.54, 1.807) is 6.20 Å². The third-order valence-electron chi connectivity index (χ3n) is 7.39. The van der Waals surface area contributed by atoms with Gasteiger partial charge in [-0.1, -0.05) is 47.6 Å². The second kappa shape index (κ2) is 10.2. The van der Waals surface area contributed by atoms with E-state index in [9.17, 15) is 0 Å². The Labute approximate surface area is 243 Å². The molecule has 0 saturated carbocycles. The van der Waals surface area contributed by atoms with Crippen molar-refractivity contribution in [2.75, 3.05) is 23.4 Å². The Hall–Kier alpha value is -3.99. The fraction of sp³-hybridized carbons (Fsp3) is 0.343. The summed E-state index contributed by atoms with van der Waals surface area (Å²) < 4.78 is 37.2. The number of aryl methyl sites for hydroxylation is 2. The predicted octanol–water partition coefficient (Wildman–Crippen LogP) is 9.42. The third-order valence-corrected chi connectivity index (χ3v) is 7.39. The Balaban J connectivity index is 1.49. The van der Waals surface area contributed by atoms with Gasteiger partial charge < -0.3 is 19.3 Å². The highest BCUT2D eigenvalue weighted by atomic mass is 16.5. The molecule has 0 aliphatic carbocycles. The molecule has 4 aromatic rings. The lowest BCUT2D eigenvalue weighted by Crippen LogP contribution is -2.24. The number of rotatable bonds is 5. The van der Waals surface area contributed by atoms with Crippen molar-refractivity contribution in [1.29, 1.82) is 0 Å². The highest BCUT2D eigenvalue weighted by Crippen LogP contribution is 2.44. The molecule has 1 aliphatic rings. The van der Waals surface area contributed by atoms with Crippen LogP contribution in [-0.4, -0.2) is 18.6 Å². The van der Waals surface area contributed by atoms with E-state index in [4.69, 9.17) is 13.6 Å². The van der Waals surface area contributed by atoms with Crippen molar-refractivity contribution in [3.63, 3.8) is 0 Å². The van der Waals surface area contributed by atoms with Gasteiger partial charge in [-0.25, -0.2) is 4.98 Å². The minimum absolute atomic E-state index is 0.0182. The van der Waals surface area contributed by atoms with Crippen LogP contribution in [0.15, 0.2) is 72.9 Å². The molecule has 0 unspecified atom stereocenters. The number of anilines is 3. The van der Waals surface area contributed by atoms with Gasteiger partial charge in [-0.15, -0.1) is 0 Å². The Morgan fingerprint density at radius 2 is 1.40 bits per heavy atom. The molecule has 0 bridgehead atoms. The first-order valence-corrected chi connectivity index (χ1v) is 13.7. The van der Waals surface area contributed by atoms with Gasteiger partial charge >= 0.3 is 0 Å². The molecule has 0 radical (unpaired) electrons. The molecule has 1 aromatic heterocycles. The van der Waals surface area contributed by atoms with Crippen LogP contribution in [0.3, 0.4) is 0 Å². The first kappa shape index (κ1) is 23.9. The summed E-state index contributed by atoms with van der Waals surface area (Å²) in [6, 6.07) is 21.7. The molecule has 3 aromatic carbocycles. The van der Waals surface area contributed by atoms with E-state index >= 15 is 0 Å². The lowest BCUT2D eigenvalue weighted by Gasteiger charge is -2.26. The monoisotopic (exact) mass is 538 g/mol. The van der Waals surface area contributed by atoms with Gasteiger partial charge in [-0.3, -0.25) is 0 Å². The summed E-state index contributed by atoms with van der Waals surface area (Å²) in [5.41, 5.74) is 6.65. The number of hydrogen-bond acceptors (Lipinski definition) is 5.